The lowest BCUT2D eigenvalue weighted by molar-refractivity contribution is 0.305. The van der Waals surface area contributed by atoms with Gasteiger partial charge in [-0.05, 0) is 13.3 Å². The smallest absolute Gasteiger partial charge is 0.132 e. The van der Waals surface area contributed by atoms with E-state index in [2.05, 4.69) is 0 Å². The second kappa shape index (κ2) is 4.94. The molecular formula is C11H14F2O. The van der Waals surface area contributed by atoms with Crippen LogP contribution < -0.4 is 4.74 Å². The van der Waals surface area contributed by atoms with Crippen LogP contribution in [-0.4, -0.2) is 6.61 Å². The zero-order valence-electron chi connectivity index (χ0n) is 8.44. The van der Waals surface area contributed by atoms with Crippen molar-refractivity contribution in [2.24, 2.45) is 0 Å². The maximum atomic E-state index is 13.0. The van der Waals surface area contributed by atoms with E-state index in [0.717, 1.165) is 12.8 Å². The normalized spacial score (nSPS) is 10.3. The van der Waals surface area contributed by atoms with Crippen LogP contribution in [0.15, 0.2) is 12.1 Å². The molecule has 0 aliphatic rings. The molecule has 0 fully saturated rings. The molecule has 0 aliphatic carbocycles. The van der Waals surface area contributed by atoms with Crippen LogP contribution in [0.1, 0.15) is 25.3 Å². The van der Waals surface area contributed by atoms with E-state index < -0.39 is 11.6 Å². The third-order valence-electron chi connectivity index (χ3n) is 2.02. The lowest BCUT2D eigenvalue weighted by Crippen LogP contribution is -1.98. The highest BCUT2D eigenvalue weighted by Crippen LogP contribution is 2.19. The summed E-state index contributed by atoms with van der Waals surface area (Å²) < 4.78 is 31.2. The van der Waals surface area contributed by atoms with E-state index in [1.165, 1.54) is 19.1 Å². The molecule has 0 N–H and O–H groups in total. The van der Waals surface area contributed by atoms with Gasteiger partial charge >= 0.3 is 0 Å². The molecule has 0 saturated carbocycles. The van der Waals surface area contributed by atoms with Crippen molar-refractivity contribution in [1.29, 1.82) is 0 Å². The van der Waals surface area contributed by atoms with Gasteiger partial charge in [0.05, 0.1) is 6.61 Å². The molecule has 0 aliphatic heterocycles. The van der Waals surface area contributed by atoms with Crippen molar-refractivity contribution in [1.82, 2.24) is 0 Å². The van der Waals surface area contributed by atoms with Crippen molar-refractivity contribution in [3.05, 3.63) is 29.3 Å². The van der Waals surface area contributed by atoms with Crippen LogP contribution in [0.4, 0.5) is 8.78 Å². The molecule has 3 heteroatoms. The number of ether oxygens (including phenoxy) is 1. The quantitative estimate of drug-likeness (QED) is 0.676. The Bertz CT molecular complexity index is 287. The number of rotatable bonds is 4. The number of unbranched alkanes of at least 4 members (excludes halogenated alkanes) is 1. The lowest BCUT2D eigenvalue weighted by Gasteiger charge is -2.06. The second-order valence-corrected chi connectivity index (χ2v) is 3.21. The summed E-state index contributed by atoms with van der Waals surface area (Å²) >= 11 is 0. The first-order valence-electron chi connectivity index (χ1n) is 4.73. The van der Waals surface area contributed by atoms with E-state index in [4.69, 9.17) is 4.74 Å². The van der Waals surface area contributed by atoms with Crippen molar-refractivity contribution in [3.63, 3.8) is 0 Å². The summed E-state index contributed by atoms with van der Waals surface area (Å²) in [4.78, 5) is 0. The molecule has 0 spiro atoms. The molecule has 1 nitrogen and oxygen atoms in total. The number of hydrogen-bond donors (Lipinski definition) is 0. The van der Waals surface area contributed by atoms with Gasteiger partial charge in [0.1, 0.15) is 17.4 Å². The van der Waals surface area contributed by atoms with Crippen molar-refractivity contribution >= 4 is 0 Å². The van der Waals surface area contributed by atoms with Gasteiger partial charge in [-0.1, -0.05) is 13.3 Å². The van der Waals surface area contributed by atoms with Gasteiger partial charge in [0, 0.05) is 17.7 Å². The lowest BCUT2D eigenvalue weighted by atomic mass is 10.2. The number of hydrogen-bond acceptors (Lipinski definition) is 1. The minimum Gasteiger partial charge on any atom is -0.493 e. The maximum Gasteiger partial charge on any atom is 0.132 e. The van der Waals surface area contributed by atoms with Crippen molar-refractivity contribution < 1.29 is 13.5 Å². The molecule has 0 atom stereocenters. The van der Waals surface area contributed by atoms with E-state index >= 15 is 0 Å². The molecule has 78 valence electrons. The zero-order valence-corrected chi connectivity index (χ0v) is 8.44. The van der Waals surface area contributed by atoms with E-state index in [-0.39, 0.29) is 11.3 Å². The maximum absolute atomic E-state index is 13.0. The first kappa shape index (κ1) is 11.0. The van der Waals surface area contributed by atoms with Crippen LogP contribution in [-0.2, 0) is 0 Å². The summed E-state index contributed by atoms with van der Waals surface area (Å²) in [5.74, 6) is -0.855. The van der Waals surface area contributed by atoms with Crippen molar-refractivity contribution in [2.45, 2.75) is 26.7 Å². The van der Waals surface area contributed by atoms with Gasteiger partial charge in [-0.25, -0.2) is 8.78 Å². The third-order valence-corrected chi connectivity index (χ3v) is 2.02. The van der Waals surface area contributed by atoms with Gasteiger partial charge in [-0.2, -0.15) is 0 Å². The van der Waals surface area contributed by atoms with Crippen LogP contribution >= 0.6 is 0 Å². The Balaban J connectivity index is 2.69. The molecule has 0 radical (unpaired) electrons. The van der Waals surface area contributed by atoms with Gasteiger partial charge < -0.3 is 4.74 Å². The highest BCUT2D eigenvalue weighted by atomic mass is 19.1. The first-order valence-corrected chi connectivity index (χ1v) is 4.73. The average Bonchev–Trinajstić information content (AvgIpc) is 2.14. The monoisotopic (exact) mass is 200 g/mol. The molecule has 0 bridgehead atoms. The van der Waals surface area contributed by atoms with Crippen molar-refractivity contribution in [2.75, 3.05) is 6.61 Å². The molecular weight excluding hydrogens is 186 g/mol. The van der Waals surface area contributed by atoms with Crippen LogP contribution in [0.2, 0.25) is 0 Å². The number of halogens is 2. The summed E-state index contributed by atoms with van der Waals surface area (Å²) in [7, 11) is 0. The van der Waals surface area contributed by atoms with Crippen LogP contribution in [0.25, 0.3) is 0 Å². The van der Waals surface area contributed by atoms with Gasteiger partial charge in [0.25, 0.3) is 0 Å². The summed E-state index contributed by atoms with van der Waals surface area (Å²) in [6.07, 6.45) is 1.88. The van der Waals surface area contributed by atoms with E-state index in [9.17, 15) is 8.78 Å². The van der Waals surface area contributed by atoms with Gasteiger partial charge in [0.15, 0.2) is 0 Å². The molecule has 0 amide bonds. The standard InChI is InChI=1S/C11H14F2O/c1-3-4-5-14-9-6-10(12)8(2)11(13)7-9/h6-7H,3-5H2,1-2H3. The van der Waals surface area contributed by atoms with Crippen LogP contribution in [0.5, 0.6) is 5.75 Å². The summed E-state index contributed by atoms with van der Waals surface area (Å²) in [5, 5.41) is 0. The fraction of sp³-hybridized carbons (Fsp3) is 0.455. The SMILES string of the molecule is CCCCOc1cc(F)c(C)c(F)c1. The molecule has 1 aromatic carbocycles. The third kappa shape index (κ3) is 2.69. The Hall–Kier alpha value is -1.12. The fourth-order valence-electron chi connectivity index (χ4n) is 1.04. The van der Waals surface area contributed by atoms with Crippen LogP contribution in [0.3, 0.4) is 0 Å². The fourth-order valence-corrected chi connectivity index (χ4v) is 1.04. The summed E-state index contributed by atoms with van der Waals surface area (Å²) in [6.45, 7) is 3.93. The van der Waals surface area contributed by atoms with E-state index in [1.807, 2.05) is 6.92 Å². The summed E-state index contributed by atoms with van der Waals surface area (Å²) in [6, 6.07) is 2.43. The minimum absolute atomic E-state index is 0.0350. The van der Waals surface area contributed by atoms with Gasteiger partial charge in [0.2, 0.25) is 0 Å². The molecule has 14 heavy (non-hydrogen) atoms. The molecule has 1 rings (SSSR count). The molecule has 1 aromatic rings. The first-order chi connectivity index (χ1) is 6.65. The Labute approximate surface area is 82.7 Å². The predicted octanol–water partition coefficient (Wildman–Crippen LogP) is 3.45. The van der Waals surface area contributed by atoms with Gasteiger partial charge in [-0.15, -0.1) is 0 Å². The Morgan fingerprint density at radius 1 is 1.21 bits per heavy atom. The molecule has 0 heterocycles. The zero-order chi connectivity index (χ0) is 10.6. The topological polar surface area (TPSA) is 9.23 Å². The predicted molar refractivity (Wildman–Crippen MR) is 51.5 cm³/mol. The van der Waals surface area contributed by atoms with E-state index in [0.29, 0.717) is 6.61 Å². The molecule has 0 saturated heterocycles. The highest BCUT2D eigenvalue weighted by molar-refractivity contribution is 5.29. The largest absolute Gasteiger partial charge is 0.493 e. The van der Waals surface area contributed by atoms with Crippen molar-refractivity contribution in [3.8, 4) is 5.75 Å². The summed E-state index contributed by atoms with van der Waals surface area (Å²) in [5.41, 5.74) is 0.0350. The Kier molecular flexibility index (Phi) is 3.86. The average molecular weight is 200 g/mol. The highest BCUT2D eigenvalue weighted by Gasteiger charge is 2.06. The Morgan fingerprint density at radius 3 is 2.29 bits per heavy atom. The number of benzene rings is 1. The van der Waals surface area contributed by atoms with Crippen LogP contribution in [0, 0.1) is 18.6 Å². The van der Waals surface area contributed by atoms with Gasteiger partial charge in [-0.3, -0.25) is 0 Å². The molecule has 0 unspecified atom stereocenters. The minimum atomic E-state index is -0.559. The van der Waals surface area contributed by atoms with E-state index in [1.54, 1.807) is 0 Å². The second-order valence-electron chi connectivity index (χ2n) is 3.21. The Morgan fingerprint density at radius 2 is 1.79 bits per heavy atom. The molecule has 0 aromatic heterocycles.